The maximum absolute atomic E-state index is 2.34. The normalized spacial score (nSPS) is 12.2. The number of nitrogens with zero attached hydrogens (tertiary/aromatic N) is 2. The van der Waals surface area contributed by atoms with Crippen LogP contribution >= 0.6 is 11.3 Å². The molecule has 0 aliphatic heterocycles. The SMILES string of the molecule is C1=CCCC(c2ccc(-c3ccc(N(c4ccccc4)c4ccc(-c5ccc(N(c6ccc(-c7ccccc7)cc6)c6ccc(-c7ccccc7)cc6)cc5)cc4)cc3)s2)=C1. The van der Waals surface area contributed by atoms with Crippen LogP contribution in [-0.2, 0) is 0 Å². The first-order valence-corrected chi connectivity index (χ1v) is 21.8. The second-order valence-electron chi connectivity index (χ2n) is 15.3. The van der Waals surface area contributed by atoms with Crippen molar-refractivity contribution in [2.45, 2.75) is 12.8 Å². The van der Waals surface area contributed by atoms with Gasteiger partial charge in [0.25, 0.3) is 0 Å². The Morgan fingerprint density at radius 1 is 0.295 bits per heavy atom. The number of hydrogen-bond acceptors (Lipinski definition) is 3. The minimum Gasteiger partial charge on any atom is -0.311 e. The summed E-state index contributed by atoms with van der Waals surface area (Å²) >= 11 is 1.88. The van der Waals surface area contributed by atoms with Gasteiger partial charge in [-0.15, -0.1) is 11.3 Å². The highest BCUT2D eigenvalue weighted by Crippen LogP contribution is 2.41. The summed E-state index contributed by atoms with van der Waals surface area (Å²) in [5.74, 6) is 0. The van der Waals surface area contributed by atoms with Crippen LogP contribution < -0.4 is 9.80 Å². The standard InChI is InChI=1S/C58H44N2S/c1-5-13-43(14-6-1)45-21-31-53(32-22-45)60(54-33-23-46(24-34-54)44-15-7-2-8-16-44)55-37-27-48(28-38-55)47-25-35-52(36-26-47)59(51-19-11-4-12-20-51)56-39-29-50(30-40-56)58-42-41-57(61-58)49-17-9-3-10-18-49/h1-9,11-17,19-42H,10,18H2. The van der Waals surface area contributed by atoms with Gasteiger partial charge in [-0.3, -0.25) is 0 Å². The molecule has 0 N–H and O–H groups in total. The molecule has 0 atom stereocenters. The number of para-hydroxylation sites is 1. The number of rotatable bonds is 11. The van der Waals surface area contributed by atoms with Gasteiger partial charge < -0.3 is 9.80 Å². The van der Waals surface area contributed by atoms with E-state index in [1.54, 1.807) is 0 Å². The lowest BCUT2D eigenvalue weighted by molar-refractivity contribution is 1.06. The summed E-state index contributed by atoms with van der Waals surface area (Å²) in [4.78, 5) is 7.33. The fraction of sp³-hybridized carbons (Fsp3) is 0.0345. The van der Waals surface area contributed by atoms with Crippen molar-refractivity contribution in [1.29, 1.82) is 0 Å². The minimum atomic E-state index is 1.10. The van der Waals surface area contributed by atoms with Crippen LogP contribution in [0.4, 0.5) is 34.1 Å². The lowest BCUT2D eigenvalue weighted by atomic mass is 10.0. The van der Waals surface area contributed by atoms with Crippen molar-refractivity contribution in [2.24, 2.45) is 0 Å². The first kappa shape index (κ1) is 37.8. The number of thiophene rings is 1. The highest BCUT2D eigenvalue weighted by Gasteiger charge is 2.16. The third-order valence-corrected chi connectivity index (χ3v) is 12.6. The maximum Gasteiger partial charge on any atom is 0.0462 e. The number of allylic oxidation sites excluding steroid dienone is 4. The first-order valence-electron chi connectivity index (χ1n) is 21.0. The van der Waals surface area contributed by atoms with E-state index in [0.717, 1.165) is 47.0 Å². The number of benzene rings is 8. The summed E-state index contributed by atoms with van der Waals surface area (Å²) in [5.41, 5.74) is 16.5. The summed E-state index contributed by atoms with van der Waals surface area (Å²) in [7, 11) is 0. The van der Waals surface area contributed by atoms with Gasteiger partial charge in [0.05, 0.1) is 0 Å². The Labute approximate surface area is 363 Å². The van der Waals surface area contributed by atoms with Crippen molar-refractivity contribution in [3.05, 3.63) is 248 Å². The lowest BCUT2D eigenvalue weighted by Crippen LogP contribution is -2.10. The second-order valence-corrected chi connectivity index (χ2v) is 16.4. The van der Waals surface area contributed by atoms with E-state index in [9.17, 15) is 0 Å². The zero-order chi connectivity index (χ0) is 40.8. The van der Waals surface area contributed by atoms with E-state index in [1.807, 2.05) is 11.3 Å². The molecule has 0 fully saturated rings. The summed E-state index contributed by atoms with van der Waals surface area (Å²) < 4.78 is 0. The first-order chi connectivity index (χ1) is 30.2. The monoisotopic (exact) mass is 800 g/mol. The molecule has 10 rings (SSSR count). The molecule has 3 heteroatoms. The molecule has 0 bridgehead atoms. The van der Waals surface area contributed by atoms with Gasteiger partial charge in [-0.2, -0.15) is 0 Å². The van der Waals surface area contributed by atoms with Gasteiger partial charge in [0, 0.05) is 43.9 Å². The Hall–Kier alpha value is -7.46. The third kappa shape index (κ3) is 8.25. The Kier molecular flexibility index (Phi) is 10.8. The van der Waals surface area contributed by atoms with Crippen molar-refractivity contribution in [3.63, 3.8) is 0 Å². The molecular weight excluding hydrogens is 757 g/mol. The van der Waals surface area contributed by atoms with Crippen molar-refractivity contribution in [3.8, 4) is 43.8 Å². The van der Waals surface area contributed by atoms with Gasteiger partial charge in [0.2, 0.25) is 0 Å². The van der Waals surface area contributed by atoms with Crippen LogP contribution in [0.1, 0.15) is 17.7 Å². The second kappa shape index (κ2) is 17.4. The zero-order valence-electron chi connectivity index (χ0n) is 33.8. The summed E-state index contributed by atoms with van der Waals surface area (Å²) in [6.07, 6.45) is 8.91. The average Bonchev–Trinajstić information content (AvgIpc) is 3.85. The van der Waals surface area contributed by atoms with Crippen LogP contribution in [0.5, 0.6) is 0 Å². The Morgan fingerprint density at radius 3 is 1.00 bits per heavy atom. The van der Waals surface area contributed by atoms with Gasteiger partial charge in [-0.25, -0.2) is 0 Å². The Morgan fingerprint density at radius 2 is 0.623 bits per heavy atom. The minimum absolute atomic E-state index is 1.10. The van der Waals surface area contributed by atoms with Crippen LogP contribution in [0.3, 0.4) is 0 Å². The molecule has 9 aromatic rings. The van der Waals surface area contributed by atoms with Crippen molar-refractivity contribution in [2.75, 3.05) is 9.80 Å². The molecule has 0 amide bonds. The van der Waals surface area contributed by atoms with E-state index >= 15 is 0 Å². The molecule has 1 aliphatic rings. The van der Waals surface area contributed by atoms with Gasteiger partial charge in [0.15, 0.2) is 0 Å². The molecule has 0 saturated carbocycles. The predicted molar refractivity (Wildman–Crippen MR) is 262 cm³/mol. The van der Waals surface area contributed by atoms with Crippen molar-refractivity contribution < 1.29 is 0 Å². The highest BCUT2D eigenvalue weighted by molar-refractivity contribution is 7.16. The summed E-state index contributed by atoms with van der Waals surface area (Å²) in [6.45, 7) is 0. The van der Waals surface area contributed by atoms with Crippen molar-refractivity contribution >= 4 is 51.0 Å². The zero-order valence-corrected chi connectivity index (χ0v) is 34.6. The van der Waals surface area contributed by atoms with Gasteiger partial charge in [-0.05, 0) is 142 Å². The number of hydrogen-bond donors (Lipinski definition) is 0. The van der Waals surface area contributed by atoms with E-state index in [2.05, 4.69) is 252 Å². The van der Waals surface area contributed by atoms with E-state index in [-0.39, 0.29) is 0 Å². The largest absolute Gasteiger partial charge is 0.311 e. The van der Waals surface area contributed by atoms with E-state index < -0.39 is 0 Å². The van der Waals surface area contributed by atoms with Gasteiger partial charge in [0.1, 0.15) is 0 Å². The number of anilines is 6. The molecule has 1 aromatic heterocycles. The smallest absolute Gasteiger partial charge is 0.0462 e. The molecule has 0 unspecified atom stereocenters. The maximum atomic E-state index is 2.34. The predicted octanol–water partition coefficient (Wildman–Crippen LogP) is 17.1. The van der Waals surface area contributed by atoms with Crippen LogP contribution in [0.15, 0.2) is 243 Å². The Balaban J connectivity index is 0.926. The summed E-state index contributed by atoms with van der Waals surface area (Å²) in [5, 5.41) is 0. The topological polar surface area (TPSA) is 6.48 Å². The molecule has 0 saturated heterocycles. The van der Waals surface area contributed by atoms with E-state index in [4.69, 9.17) is 0 Å². The Bertz CT molecular complexity index is 2810. The third-order valence-electron chi connectivity index (χ3n) is 11.4. The quantitative estimate of drug-likeness (QED) is 0.129. The molecular formula is C58H44N2S. The van der Waals surface area contributed by atoms with Gasteiger partial charge in [-0.1, -0.05) is 158 Å². The van der Waals surface area contributed by atoms with Crippen LogP contribution in [-0.4, -0.2) is 0 Å². The fourth-order valence-corrected chi connectivity index (χ4v) is 9.26. The van der Waals surface area contributed by atoms with E-state index in [1.165, 1.54) is 54.3 Å². The summed E-state index contributed by atoms with van der Waals surface area (Å²) in [6, 6.07) is 80.9. The average molecular weight is 801 g/mol. The molecule has 1 heterocycles. The van der Waals surface area contributed by atoms with Gasteiger partial charge >= 0.3 is 0 Å². The molecule has 1 aliphatic carbocycles. The van der Waals surface area contributed by atoms with E-state index in [0.29, 0.717) is 0 Å². The van der Waals surface area contributed by atoms with Crippen LogP contribution in [0.2, 0.25) is 0 Å². The van der Waals surface area contributed by atoms with Crippen LogP contribution in [0, 0.1) is 0 Å². The highest BCUT2D eigenvalue weighted by atomic mass is 32.1. The molecule has 0 spiro atoms. The van der Waals surface area contributed by atoms with Crippen molar-refractivity contribution in [1.82, 2.24) is 0 Å². The lowest BCUT2D eigenvalue weighted by Gasteiger charge is -2.26. The molecule has 292 valence electrons. The van der Waals surface area contributed by atoms with Crippen LogP contribution in [0.25, 0.3) is 49.4 Å². The fourth-order valence-electron chi connectivity index (χ4n) is 8.19. The molecule has 0 radical (unpaired) electrons. The molecule has 8 aromatic carbocycles. The molecule has 61 heavy (non-hydrogen) atoms. The molecule has 2 nitrogen and oxygen atoms in total.